The SMILES string of the molecule is N#Cc1cc(I)c(OCC2(O)CCCC2)c([N+](=O)[O-])c1. The first-order valence-corrected chi connectivity index (χ1v) is 7.26. The monoisotopic (exact) mass is 388 g/mol. The van der Waals surface area contributed by atoms with E-state index in [0.29, 0.717) is 16.4 Å². The Kier molecular flexibility index (Phi) is 4.45. The van der Waals surface area contributed by atoms with E-state index in [-0.39, 0.29) is 23.6 Å². The second-order valence-electron chi connectivity index (χ2n) is 4.90. The van der Waals surface area contributed by atoms with Gasteiger partial charge in [-0.15, -0.1) is 0 Å². The van der Waals surface area contributed by atoms with Crippen LogP contribution >= 0.6 is 22.6 Å². The Morgan fingerprint density at radius 1 is 1.50 bits per heavy atom. The molecule has 1 aromatic carbocycles. The van der Waals surface area contributed by atoms with Crippen LogP contribution in [0.15, 0.2) is 12.1 Å². The number of hydrogen-bond donors (Lipinski definition) is 1. The van der Waals surface area contributed by atoms with Crippen LogP contribution in [0.5, 0.6) is 5.75 Å². The predicted molar refractivity (Wildman–Crippen MR) is 79.4 cm³/mol. The van der Waals surface area contributed by atoms with E-state index in [0.717, 1.165) is 12.8 Å². The molecule has 1 aromatic rings. The Morgan fingerprint density at radius 2 is 2.15 bits per heavy atom. The molecule has 1 saturated carbocycles. The van der Waals surface area contributed by atoms with Crippen LogP contribution in [-0.2, 0) is 0 Å². The number of rotatable bonds is 4. The van der Waals surface area contributed by atoms with E-state index in [1.54, 1.807) is 0 Å². The number of nitrogens with zero attached hydrogens (tertiary/aromatic N) is 2. The van der Waals surface area contributed by atoms with Crippen molar-refractivity contribution in [3.63, 3.8) is 0 Å². The summed E-state index contributed by atoms with van der Waals surface area (Å²) in [6.45, 7) is 0.0374. The number of benzene rings is 1. The van der Waals surface area contributed by atoms with Crippen LogP contribution in [0.4, 0.5) is 5.69 Å². The lowest BCUT2D eigenvalue weighted by Gasteiger charge is -2.22. The normalized spacial score (nSPS) is 16.6. The maximum Gasteiger partial charge on any atom is 0.313 e. The van der Waals surface area contributed by atoms with E-state index >= 15 is 0 Å². The highest BCUT2D eigenvalue weighted by atomic mass is 127. The van der Waals surface area contributed by atoms with Crippen LogP contribution in [-0.4, -0.2) is 22.2 Å². The molecule has 7 heteroatoms. The molecule has 1 N–H and O–H groups in total. The zero-order valence-corrected chi connectivity index (χ0v) is 12.8. The van der Waals surface area contributed by atoms with Crippen LogP contribution in [0.3, 0.4) is 0 Å². The third-order valence-corrected chi connectivity index (χ3v) is 4.17. The Balaban J connectivity index is 2.26. The number of ether oxygens (including phenoxy) is 1. The van der Waals surface area contributed by atoms with Crippen molar-refractivity contribution in [1.29, 1.82) is 5.26 Å². The maximum absolute atomic E-state index is 11.1. The molecule has 0 amide bonds. The largest absolute Gasteiger partial charge is 0.483 e. The smallest absolute Gasteiger partial charge is 0.313 e. The third-order valence-electron chi connectivity index (χ3n) is 3.37. The van der Waals surface area contributed by atoms with Crippen LogP contribution in [0, 0.1) is 25.0 Å². The fourth-order valence-corrected chi connectivity index (χ4v) is 3.07. The maximum atomic E-state index is 11.1. The number of halogens is 1. The summed E-state index contributed by atoms with van der Waals surface area (Å²) in [5.74, 6) is 0.120. The standard InChI is InChI=1S/C13H13IN2O4/c14-10-5-9(7-15)6-11(16(18)19)12(10)20-8-13(17)3-1-2-4-13/h5-6,17H,1-4,8H2. The molecule has 0 aromatic heterocycles. The van der Waals surface area contributed by atoms with E-state index in [1.807, 2.05) is 28.7 Å². The van der Waals surface area contributed by atoms with Gasteiger partial charge in [0.25, 0.3) is 0 Å². The van der Waals surface area contributed by atoms with Crippen LogP contribution in [0.25, 0.3) is 0 Å². The van der Waals surface area contributed by atoms with E-state index in [9.17, 15) is 15.2 Å². The highest BCUT2D eigenvalue weighted by molar-refractivity contribution is 14.1. The lowest BCUT2D eigenvalue weighted by atomic mass is 10.0. The molecule has 0 aliphatic heterocycles. The van der Waals surface area contributed by atoms with Gasteiger partial charge in [0.2, 0.25) is 5.75 Å². The molecule has 2 rings (SSSR count). The van der Waals surface area contributed by atoms with Crippen molar-refractivity contribution in [3.8, 4) is 11.8 Å². The molecule has 1 aliphatic rings. The second-order valence-corrected chi connectivity index (χ2v) is 6.06. The highest BCUT2D eigenvalue weighted by Gasteiger charge is 2.33. The van der Waals surface area contributed by atoms with Gasteiger partial charge in [-0.25, -0.2) is 0 Å². The Hall–Kier alpha value is -1.40. The lowest BCUT2D eigenvalue weighted by molar-refractivity contribution is -0.386. The minimum absolute atomic E-state index is 0.0374. The summed E-state index contributed by atoms with van der Waals surface area (Å²) in [5.41, 5.74) is -0.923. The molecule has 0 heterocycles. The molecule has 0 atom stereocenters. The summed E-state index contributed by atoms with van der Waals surface area (Å²) in [6, 6.07) is 4.60. The first-order chi connectivity index (χ1) is 9.45. The van der Waals surface area contributed by atoms with Gasteiger partial charge in [-0.1, -0.05) is 12.8 Å². The van der Waals surface area contributed by atoms with Crippen molar-refractivity contribution in [2.45, 2.75) is 31.3 Å². The minimum atomic E-state index is -0.898. The molecule has 0 saturated heterocycles. The van der Waals surface area contributed by atoms with Gasteiger partial charge in [-0.2, -0.15) is 5.26 Å². The first kappa shape index (κ1) is 15.0. The van der Waals surface area contributed by atoms with Crippen molar-refractivity contribution in [1.82, 2.24) is 0 Å². The summed E-state index contributed by atoms with van der Waals surface area (Å²) in [7, 11) is 0. The second kappa shape index (κ2) is 5.93. The van der Waals surface area contributed by atoms with E-state index in [2.05, 4.69) is 0 Å². The topological polar surface area (TPSA) is 96.4 Å². The molecule has 0 bridgehead atoms. The molecule has 0 unspecified atom stereocenters. The van der Waals surface area contributed by atoms with Gasteiger partial charge in [0, 0.05) is 6.07 Å². The van der Waals surface area contributed by atoms with Gasteiger partial charge in [0.15, 0.2) is 0 Å². The zero-order valence-electron chi connectivity index (χ0n) is 10.6. The minimum Gasteiger partial charge on any atom is -0.483 e. The quantitative estimate of drug-likeness (QED) is 0.486. The fourth-order valence-electron chi connectivity index (χ4n) is 2.31. The van der Waals surface area contributed by atoms with E-state index < -0.39 is 10.5 Å². The van der Waals surface area contributed by atoms with Gasteiger partial charge in [0.1, 0.15) is 6.61 Å². The summed E-state index contributed by atoms with van der Waals surface area (Å²) in [6.07, 6.45) is 3.17. The predicted octanol–water partition coefficient (Wildman–Crippen LogP) is 2.75. The molecule has 6 nitrogen and oxygen atoms in total. The average molecular weight is 388 g/mol. The number of nitro groups is 1. The number of nitriles is 1. The van der Waals surface area contributed by atoms with E-state index in [1.165, 1.54) is 12.1 Å². The Morgan fingerprint density at radius 3 is 2.70 bits per heavy atom. The van der Waals surface area contributed by atoms with Crippen molar-refractivity contribution in [3.05, 3.63) is 31.4 Å². The van der Waals surface area contributed by atoms with Crippen molar-refractivity contribution in [2.75, 3.05) is 6.61 Å². The molecule has 0 radical (unpaired) electrons. The summed E-state index contributed by atoms with van der Waals surface area (Å²) >= 11 is 1.90. The number of nitro benzene ring substituents is 1. The molecule has 1 aliphatic carbocycles. The average Bonchev–Trinajstić information content (AvgIpc) is 2.83. The lowest BCUT2D eigenvalue weighted by Crippen LogP contribution is -2.32. The van der Waals surface area contributed by atoms with Crippen molar-refractivity contribution < 1.29 is 14.8 Å². The van der Waals surface area contributed by atoms with Gasteiger partial charge < -0.3 is 9.84 Å². The number of aliphatic hydroxyl groups is 1. The summed E-state index contributed by atoms with van der Waals surface area (Å²) in [4.78, 5) is 10.5. The van der Waals surface area contributed by atoms with Gasteiger partial charge >= 0.3 is 5.69 Å². The molecular weight excluding hydrogens is 375 g/mol. The molecule has 1 fully saturated rings. The molecular formula is C13H13IN2O4. The van der Waals surface area contributed by atoms with Crippen LogP contribution in [0.2, 0.25) is 0 Å². The van der Waals surface area contributed by atoms with Crippen LogP contribution < -0.4 is 4.74 Å². The van der Waals surface area contributed by atoms with Crippen molar-refractivity contribution >= 4 is 28.3 Å². The third kappa shape index (κ3) is 3.19. The number of hydrogen-bond acceptors (Lipinski definition) is 5. The summed E-state index contributed by atoms with van der Waals surface area (Å²) in [5, 5.41) is 30.1. The van der Waals surface area contributed by atoms with E-state index in [4.69, 9.17) is 10.00 Å². The Bertz CT molecular complexity index is 576. The van der Waals surface area contributed by atoms with Gasteiger partial charge in [0.05, 0.1) is 25.7 Å². The summed E-state index contributed by atoms with van der Waals surface area (Å²) < 4.78 is 6.00. The van der Waals surface area contributed by atoms with Crippen molar-refractivity contribution in [2.24, 2.45) is 0 Å². The Labute approximate surface area is 129 Å². The molecule has 0 spiro atoms. The molecule has 106 valence electrons. The van der Waals surface area contributed by atoms with Gasteiger partial charge in [-0.05, 0) is 41.5 Å². The van der Waals surface area contributed by atoms with Crippen LogP contribution in [0.1, 0.15) is 31.2 Å². The highest BCUT2D eigenvalue weighted by Crippen LogP contribution is 2.36. The first-order valence-electron chi connectivity index (χ1n) is 6.18. The zero-order chi connectivity index (χ0) is 14.8. The van der Waals surface area contributed by atoms with Gasteiger partial charge in [-0.3, -0.25) is 10.1 Å². The molecule has 20 heavy (non-hydrogen) atoms. The fraction of sp³-hybridized carbons (Fsp3) is 0.462.